The maximum absolute atomic E-state index is 9.17. The van der Waals surface area contributed by atoms with E-state index >= 15 is 0 Å². The zero-order valence-electron chi connectivity index (χ0n) is 8.43. The fourth-order valence-electron chi connectivity index (χ4n) is 1.39. The van der Waals surface area contributed by atoms with Gasteiger partial charge in [0.25, 0.3) is 0 Å². The molecule has 0 saturated carbocycles. The average molecular weight is 261 g/mol. The third-order valence-corrected chi connectivity index (χ3v) is 2.82. The molecule has 0 fully saturated rings. The molecular formula is C10H13BrO3. The van der Waals surface area contributed by atoms with Crippen LogP contribution in [0.2, 0.25) is 0 Å². The third kappa shape index (κ3) is 1.86. The van der Waals surface area contributed by atoms with Crippen LogP contribution in [-0.4, -0.2) is 19.3 Å². The molecule has 1 N–H and O–H groups in total. The van der Waals surface area contributed by atoms with Crippen molar-refractivity contribution in [3.63, 3.8) is 0 Å². The van der Waals surface area contributed by atoms with E-state index in [2.05, 4.69) is 15.9 Å². The lowest BCUT2D eigenvalue weighted by Gasteiger charge is -2.14. The van der Waals surface area contributed by atoms with Gasteiger partial charge in [-0.1, -0.05) is 15.9 Å². The topological polar surface area (TPSA) is 38.7 Å². The highest BCUT2D eigenvalue weighted by Gasteiger charge is 2.14. The van der Waals surface area contributed by atoms with Gasteiger partial charge in [-0.2, -0.15) is 0 Å². The van der Waals surface area contributed by atoms with Gasteiger partial charge in [0.2, 0.25) is 0 Å². The molecular weight excluding hydrogens is 248 g/mol. The first-order chi connectivity index (χ1) is 6.65. The molecule has 0 aliphatic carbocycles. The lowest BCUT2D eigenvalue weighted by atomic mass is 10.1. The first-order valence-electron chi connectivity index (χ1n) is 4.16. The van der Waals surface area contributed by atoms with Gasteiger partial charge in [0, 0.05) is 15.6 Å². The molecule has 0 heterocycles. The number of ether oxygens (including phenoxy) is 2. The molecule has 4 heteroatoms. The van der Waals surface area contributed by atoms with Crippen molar-refractivity contribution in [1.82, 2.24) is 0 Å². The number of halogens is 1. The van der Waals surface area contributed by atoms with Gasteiger partial charge in [0.1, 0.15) is 11.5 Å². The normalized spacial score (nSPS) is 10.1. The van der Waals surface area contributed by atoms with Crippen LogP contribution < -0.4 is 9.47 Å². The van der Waals surface area contributed by atoms with Crippen LogP contribution >= 0.6 is 15.9 Å². The summed E-state index contributed by atoms with van der Waals surface area (Å²) in [6.07, 6.45) is 0. The summed E-state index contributed by atoms with van der Waals surface area (Å²) in [4.78, 5) is 0. The van der Waals surface area contributed by atoms with Crippen molar-refractivity contribution in [3.05, 3.63) is 21.7 Å². The van der Waals surface area contributed by atoms with Gasteiger partial charge in [0.15, 0.2) is 0 Å². The van der Waals surface area contributed by atoms with Crippen LogP contribution in [0.4, 0.5) is 0 Å². The van der Waals surface area contributed by atoms with Crippen molar-refractivity contribution >= 4 is 15.9 Å². The summed E-state index contributed by atoms with van der Waals surface area (Å²) in [7, 11) is 3.18. The second-order valence-corrected chi connectivity index (χ2v) is 3.71. The molecule has 0 radical (unpaired) electrons. The third-order valence-electron chi connectivity index (χ3n) is 2.11. The Morgan fingerprint density at radius 2 is 2.00 bits per heavy atom. The Morgan fingerprint density at radius 3 is 2.43 bits per heavy atom. The lowest BCUT2D eigenvalue weighted by Crippen LogP contribution is -1.98. The quantitative estimate of drug-likeness (QED) is 0.907. The van der Waals surface area contributed by atoms with Gasteiger partial charge in [-0.05, 0) is 13.0 Å². The van der Waals surface area contributed by atoms with Crippen molar-refractivity contribution in [2.24, 2.45) is 0 Å². The summed E-state index contributed by atoms with van der Waals surface area (Å²) in [6.45, 7) is 1.83. The van der Waals surface area contributed by atoms with Crippen LogP contribution in [-0.2, 0) is 6.61 Å². The number of aliphatic hydroxyl groups is 1. The highest BCUT2D eigenvalue weighted by molar-refractivity contribution is 9.10. The number of benzene rings is 1. The molecule has 0 bridgehead atoms. The van der Waals surface area contributed by atoms with Crippen molar-refractivity contribution in [1.29, 1.82) is 0 Å². The van der Waals surface area contributed by atoms with Crippen LogP contribution in [0.5, 0.6) is 11.5 Å². The SMILES string of the molecule is COc1cc(Br)c(CO)c(OC)c1C. The summed E-state index contributed by atoms with van der Waals surface area (Å²) in [5.41, 5.74) is 1.63. The fraction of sp³-hybridized carbons (Fsp3) is 0.400. The Bertz CT molecular complexity index is 337. The first kappa shape index (κ1) is 11.3. The van der Waals surface area contributed by atoms with Gasteiger partial charge in [-0.3, -0.25) is 0 Å². The molecule has 0 spiro atoms. The Hall–Kier alpha value is -0.740. The summed E-state index contributed by atoms with van der Waals surface area (Å²) in [5.74, 6) is 1.41. The Labute approximate surface area is 91.8 Å². The number of aliphatic hydroxyl groups excluding tert-OH is 1. The molecule has 1 aromatic rings. The average Bonchev–Trinajstić information content (AvgIpc) is 2.20. The molecule has 14 heavy (non-hydrogen) atoms. The van der Waals surface area contributed by atoms with E-state index in [1.165, 1.54) is 0 Å². The van der Waals surface area contributed by atoms with Gasteiger partial charge in [-0.25, -0.2) is 0 Å². The van der Waals surface area contributed by atoms with E-state index in [1.807, 2.05) is 13.0 Å². The Kier molecular flexibility index (Phi) is 3.77. The first-order valence-corrected chi connectivity index (χ1v) is 4.95. The van der Waals surface area contributed by atoms with Gasteiger partial charge < -0.3 is 14.6 Å². The highest BCUT2D eigenvalue weighted by Crippen LogP contribution is 2.36. The maximum Gasteiger partial charge on any atom is 0.132 e. The highest BCUT2D eigenvalue weighted by atomic mass is 79.9. The standard InChI is InChI=1S/C10H13BrO3/c1-6-9(13-2)4-8(11)7(5-12)10(6)14-3/h4,12H,5H2,1-3H3. The van der Waals surface area contributed by atoms with Gasteiger partial charge in [0.05, 0.1) is 20.8 Å². The smallest absolute Gasteiger partial charge is 0.132 e. The van der Waals surface area contributed by atoms with E-state index in [9.17, 15) is 0 Å². The van der Waals surface area contributed by atoms with Crippen LogP contribution in [0.1, 0.15) is 11.1 Å². The van der Waals surface area contributed by atoms with E-state index in [-0.39, 0.29) is 6.61 Å². The van der Waals surface area contributed by atoms with Crippen molar-refractivity contribution in [2.75, 3.05) is 14.2 Å². The predicted octanol–water partition coefficient (Wildman–Crippen LogP) is 2.27. The van der Waals surface area contributed by atoms with Crippen molar-refractivity contribution in [2.45, 2.75) is 13.5 Å². The molecule has 1 rings (SSSR count). The molecule has 0 saturated heterocycles. The molecule has 0 aliphatic rings. The molecule has 0 aromatic heterocycles. The monoisotopic (exact) mass is 260 g/mol. The summed E-state index contributed by atoms with van der Waals surface area (Å²) < 4.78 is 11.2. The molecule has 3 nitrogen and oxygen atoms in total. The fourth-order valence-corrected chi connectivity index (χ4v) is 1.91. The number of hydrogen-bond donors (Lipinski definition) is 1. The van der Waals surface area contributed by atoms with E-state index in [4.69, 9.17) is 14.6 Å². The second-order valence-electron chi connectivity index (χ2n) is 2.86. The molecule has 78 valence electrons. The molecule has 1 aromatic carbocycles. The molecule has 0 amide bonds. The zero-order chi connectivity index (χ0) is 10.7. The Balaban J connectivity index is 3.40. The van der Waals surface area contributed by atoms with E-state index in [0.717, 1.165) is 21.3 Å². The summed E-state index contributed by atoms with van der Waals surface area (Å²) in [5, 5.41) is 9.17. The minimum absolute atomic E-state index is 0.0609. The summed E-state index contributed by atoms with van der Waals surface area (Å²) >= 11 is 3.35. The van der Waals surface area contributed by atoms with Crippen LogP contribution in [0.15, 0.2) is 10.5 Å². The maximum atomic E-state index is 9.17. The molecule has 0 atom stereocenters. The van der Waals surface area contributed by atoms with Gasteiger partial charge in [-0.15, -0.1) is 0 Å². The van der Waals surface area contributed by atoms with E-state index in [1.54, 1.807) is 14.2 Å². The molecule has 0 aliphatic heterocycles. The van der Waals surface area contributed by atoms with Crippen molar-refractivity contribution < 1.29 is 14.6 Å². The minimum atomic E-state index is -0.0609. The Morgan fingerprint density at radius 1 is 1.36 bits per heavy atom. The second kappa shape index (κ2) is 4.66. The number of rotatable bonds is 3. The van der Waals surface area contributed by atoms with Crippen LogP contribution in [0.3, 0.4) is 0 Å². The van der Waals surface area contributed by atoms with E-state index < -0.39 is 0 Å². The molecule has 0 unspecified atom stereocenters. The zero-order valence-corrected chi connectivity index (χ0v) is 10.0. The van der Waals surface area contributed by atoms with Crippen LogP contribution in [0.25, 0.3) is 0 Å². The van der Waals surface area contributed by atoms with Gasteiger partial charge >= 0.3 is 0 Å². The lowest BCUT2D eigenvalue weighted by molar-refractivity contribution is 0.272. The van der Waals surface area contributed by atoms with Crippen molar-refractivity contribution in [3.8, 4) is 11.5 Å². The largest absolute Gasteiger partial charge is 0.496 e. The van der Waals surface area contributed by atoms with Crippen LogP contribution in [0, 0.1) is 6.92 Å². The number of hydrogen-bond acceptors (Lipinski definition) is 3. The predicted molar refractivity (Wildman–Crippen MR) is 57.9 cm³/mol. The summed E-state index contributed by atoms with van der Waals surface area (Å²) in [6, 6.07) is 1.82. The van der Waals surface area contributed by atoms with E-state index in [0.29, 0.717) is 5.75 Å². The minimum Gasteiger partial charge on any atom is -0.496 e. The number of methoxy groups -OCH3 is 2.